The number of halogens is 4. The van der Waals surface area contributed by atoms with Crippen LogP contribution in [0.2, 0.25) is 5.02 Å². The van der Waals surface area contributed by atoms with E-state index in [4.69, 9.17) is 25.9 Å². The minimum Gasteiger partial charge on any atom is -0.487 e. The van der Waals surface area contributed by atoms with Gasteiger partial charge in [0.2, 0.25) is 0 Å². The molecule has 0 aromatic heterocycles. The minimum atomic E-state index is -4.45. The lowest BCUT2D eigenvalue weighted by atomic mass is 10.0. The van der Waals surface area contributed by atoms with Crippen molar-refractivity contribution in [3.63, 3.8) is 0 Å². The van der Waals surface area contributed by atoms with E-state index >= 15 is 0 Å². The molecule has 4 rings (SSSR count). The Balaban J connectivity index is 1.58. The van der Waals surface area contributed by atoms with Crippen molar-refractivity contribution in [1.82, 2.24) is 5.48 Å². The third-order valence-electron chi connectivity index (χ3n) is 5.36. The highest BCUT2D eigenvalue weighted by Gasteiger charge is 2.30. The first-order valence-corrected chi connectivity index (χ1v) is 10.7. The number of benzene rings is 3. The molecule has 10 heteroatoms. The first-order chi connectivity index (χ1) is 16.2. The number of carbonyl (C=O) groups excluding carboxylic acids is 2. The summed E-state index contributed by atoms with van der Waals surface area (Å²) in [6, 6.07) is 12.8. The number of alkyl halides is 3. The van der Waals surface area contributed by atoms with Crippen LogP contribution >= 0.6 is 11.6 Å². The van der Waals surface area contributed by atoms with Gasteiger partial charge >= 0.3 is 12.1 Å². The SMILES string of the molecule is O=C(NOC(=O)C1CCOC1)c1cc(Cl)c2ccccc2c1OCc1ccc(C(F)(F)F)cc1. The second kappa shape index (κ2) is 9.90. The number of hydrogen-bond acceptors (Lipinski definition) is 5. The van der Waals surface area contributed by atoms with Crippen LogP contribution in [0.1, 0.15) is 27.9 Å². The van der Waals surface area contributed by atoms with E-state index in [0.29, 0.717) is 29.4 Å². The van der Waals surface area contributed by atoms with Gasteiger partial charge in [-0.25, -0.2) is 4.79 Å². The number of hydrogen-bond donors (Lipinski definition) is 1. The summed E-state index contributed by atoms with van der Waals surface area (Å²) < 4.78 is 49.5. The fourth-order valence-electron chi connectivity index (χ4n) is 3.53. The van der Waals surface area contributed by atoms with E-state index in [1.165, 1.54) is 18.2 Å². The molecule has 1 atom stereocenters. The van der Waals surface area contributed by atoms with Crippen molar-refractivity contribution in [1.29, 1.82) is 0 Å². The van der Waals surface area contributed by atoms with Crippen LogP contribution in [-0.2, 0) is 27.2 Å². The van der Waals surface area contributed by atoms with Crippen molar-refractivity contribution >= 4 is 34.2 Å². The maximum Gasteiger partial charge on any atom is 0.416 e. The molecule has 1 aliphatic rings. The number of amides is 1. The zero-order valence-electron chi connectivity index (χ0n) is 17.7. The molecule has 3 aromatic carbocycles. The summed E-state index contributed by atoms with van der Waals surface area (Å²) in [7, 11) is 0. The summed E-state index contributed by atoms with van der Waals surface area (Å²) in [6.45, 7) is 0.553. The summed E-state index contributed by atoms with van der Waals surface area (Å²) in [5.41, 5.74) is 1.82. The molecular weight excluding hydrogens is 475 g/mol. The predicted octanol–water partition coefficient (Wildman–Crippen LogP) is 5.32. The van der Waals surface area contributed by atoms with Gasteiger partial charge in [-0.2, -0.15) is 18.7 Å². The molecule has 0 saturated carbocycles. The lowest BCUT2D eigenvalue weighted by Gasteiger charge is -2.16. The maximum atomic E-state index is 12.9. The zero-order valence-corrected chi connectivity index (χ0v) is 18.4. The molecule has 6 nitrogen and oxygen atoms in total. The summed E-state index contributed by atoms with van der Waals surface area (Å²) in [4.78, 5) is 29.9. The minimum absolute atomic E-state index is 0.00563. The summed E-state index contributed by atoms with van der Waals surface area (Å²) in [5, 5.41) is 1.41. The first-order valence-electron chi connectivity index (χ1n) is 10.3. The molecule has 1 N–H and O–H groups in total. The Labute approximate surface area is 197 Å². The van der Waals surface area contributed by atoms with Crippen molar-refractivity contribution in [2.45, 2.75) is 19.2 Å². The lowest BCUT2D eigenvalue weighted by Crippen LogP contribution is -2.31. The van der Waals surface area contributed by atoms with Crippen LogP contribution in [-0.4, -0.2) is 25.1 Å². The number of fused-ring (bicyclic) bond motifs is 1. The fourth-order valence-corrected chi connectivity index (χ4v) is 3.80. The predicted molar refractivity (Wildman–Crippen MR) is 117 cm³/mol. The Morgan fingerprint density at radius 2 is 1.79 bits per heavy atom. The van der Waals surface area contributed by atoms with Gasteiger partial charge in [0.15, 0.2) is 0 Å². The summed E-state index contributed by atoms with van der Waals surface area (Å²) >= 11 is 6.36. The van der Waals surface area contributed by atoms with Gasteiger partial charge in [-0.05, 0) is 30.2 Å². The molecule has 34 heavy (non-hydrogen) atoms. The van der Waals surface area contributed by atoms with Gasteiger partial charge in [0.05, 0.1) is 23.7 Å². The second-order valence-corrected chi connectivity index (χ2v) is 8.08. The molecule has 1 heterocycles. The van der Waals surface area contributed by atoms with Crippen molar-refractivity contribution in [2.75, 3.05) is 13.2 Å². The third kappa shape index (κ3) is 5.26. The number of nitrogens with one attached hydrogen (secondary N) is 1. The van der Waals surface area contributed by atoms with E-state index in [-0.39, 0.29) is 29.5 Å². The van der Waals surface area contributed by atoms with Gasteiger partial charge in [-0.3, -0.25) is 4.79 Å². The lowest BCUT2D eigenvalue weighted by molar-refractivity contribution is -0.154. The Hall–Kier alpha value is -3.30. The van der Waals surface area contributed by atoms with E-state index in [2.05, 4.69) is 5.48 Å². The Morgan fingerprint density at radius 3 is 2.44 bits per heavy atom. The quantitative estimate of drug-likeness (QED) is 0.487. The largest absolute Gasteiger partial charge is 0.487 e. The van der Waals surface area contributed by atoms with Gasteiger partial charge < -0.3 is 14.3 Å². The maximum absolute atomic E-state index is 12.9. The third-order valence-corrected chi connectivity index (χ3v) is 5.67. The molecule has 1 aliphatic heterocycles. The monoisotopic (exact) mass is 493 g/mol. The first kappa shape index (κ1) is 23.8. The number of rotatable bonds is 5. The van der Waals surface area contributed by atoms with Gasteiger partial charge in [0, 0.05) is 22.4 Å². The van der Waals surface area contributed by atoms with Gasteiger partial charge in [0.25, 0.3) is 5.91 Å². The molecule has 178 valence electrons. The molecule has 0 spiro atoms. The van der Waals surface area contributed by atoms with Crippen molar-refractivity contribution in [3.8, 4) is 5.75 Å². The molecule has 0 radical (unpaired) electrons. The van der Waals surface area contributed by atoms with Crippen molar-refractivity contribution in [3.05, 3.63) is 76.3 Å². The Kier molecular flexibility index (Phi) is 6.95. The fraction of sp³-hybridized carbons (Fsp3) is 0.250. The van der Waals surface area contributed by atoms with Gasteiger partial charge in [-0.1, -0.05) is 48.0 Å². The average molecular weight is 494 g/mol. The van der Waals surface area contributed by atoms with Crippen LogP contribution in [0, 0.1) is 5.92 Å². The van der Waals surface area contributed by atoms with Crippen LogP contribution in [0.25, 0.3) is 10.8 Å². The molecule has 0 aliphatic carbocycles. The smallest absolute Gasteiger partial charge is 0.416 e. The molecule has 0 bridgehead atoms. The van der Waals surface area contributed by atoms with E-state index in [1.54, 1.807) is 24.3 Å². The molecule has 1 amide bonds. The number of hydroxylamine groups is 1. The van der Waals surface area contributed by atoms with Crippen molar-refractivity contribution in [2.24, 2.45) is 5.92 Å². The standard InChI is InChI=1S/C24H19ClF3NO5/c25-20-11-19(22(30)29-34-23(31)15-9-10-32-13-15)21(18-4-2-1-3-17(18)20)33-12-14-5-7-16(8-6-14)24(26,27)28/h1-8,11,15H,9-10,12-13H2,(H,29,30). The van der Waals surface area contributed by atoms with Crippen LogP contribution in [0.4, 0.5) is 13.2 Å². The highest BCUT2D eigenvalue weighted by molar-refractivity contribution is 6.36. The van der Waals surface area contributed by atoms with Crippen molar-refractivity contribution < 1.29 is 37.1 Å². The Bertz CT molecular complexity index is 1210. The topological polar surface area (TPSA) is 73.9 Å². The molecular formula is C24H19ClF3NO5. The van der Waals surface area contributed by atoms with E-state index < -0.39 is 29.5 Å². The van der Waals surface area contributed by atoms with E-state index in [0.717, 1.165) is 12.1 Å². The summed E-state index contributed by atoms with van der Waals surface area (Å²) in [6.07, 6.45) is -3.95. The molecule has 3 aromatic rings. The average Bonchev–Trinajstić information content (AvgIpc) is 3.36. The van der Waals surface area contributed by atoms with Crippen LogP contribution in [0.5, 0.6) is 5.75 Å². The number of ether oxygens (including phenoxy) is 2. The van der Waals surface area contributed by atoms with Crippen LogP contribution in [0.3, 0.4) is 0 Å². The Morgan fingerprint density at radius 1 is 1.09 bits per heavy atom. The van der Waals surface area contributed by atoms with Crippen LogP contribution < -0.4 is 10.2 Å². The zero-order chi connectivity index (χ0) is 24.3. The highest BCUT2D eigenvalue weighted by atomic mass is 35.5. The molecule has 1 fully saturated rings. The van der Waals surface area contributed by atoms with E-state index in [9.17, 15) is 22.8 Å². The number of carbonyl (C=O) groups is 2. The highest BCUT2D eigenvalue weighted by Crippen LogP contribution is 2.36. The van der Waals surface area contributed by atoms with Gasteiger partial charge in [0.1, 0.15) is 12.4 Å². The van der Waals surface area contributed by atoms with Gasteiger partial charge in [-0.15, -0.1) is 0 Å². The second-order valence-electron chi connectivity index (χ2n) is 7.68. The van der Waals surface area contributed by atoms with E-state index in [1.807, 2.05) is 0 Å². The normalized spacial score (nSPS) is 15.8. The van der Waals surface area contributed by atoms with Crippen LogP contribution in [0.15, 0.2) is 54.6 Å². The summed E-state index contributed by atoms with van der Waals surface area (Å²) in [5.74, 6) is -1.69. The molecule has 1 unspecified atom stereocenters. The molecule has 1 saturated heterocycles.